The lowest BCUT2D eigenvalue weighted by Gasteiger charge is -2.27. The van der Waals surface area contributed by atoms with E-state index in [9.17, 15) is 9.59 Å². The molecule has 0 bridgehead atoms. The molecule has 2 aromatic rings. The number of aryl methyl sites for hydroxylation is 1. The Morgan fingerprint density at radius 2 is 2.16 bits per heavy atom. The van der Waals surface area contributed by atoms with E-state index in [-0.39, 0.29) is 28.9 Å². The highest BCUT2D eigenvalue weighted by Crippen LogP contribution is 2.37. The van der Waals surface area contributed by atoms with Crippen LogP contribution in [0.1, 0.15) is 55.8 Å². The monoisotopic (exact) mass is 358 g/mol. The number of thioether (sulfide) groups is 1. The van der Waals surface area contributed by atoms with E-state index in [0.717, 1.165) is 32.1 Å². The number of carbonyl (C=O) groups is 1. The zero-order valence-corrected chi connectivity index (χ0v) is 15.0. The Bertz CT molecular complexity index is 840. The number of nitrogens with zero attached hydrogens (tertiary/aromatic N) is 2. The molecule has 2 unspecified atom stereocenters. The van der Waals surface area contributed by atoms with Crippen LogP contribution >= 0.6 is 11.8 Å². The first-order chi connectivity index (χ1) is 12.1. The highest BCUT2D eigenvalue weighted by Gasteiger charge is 2.30. The molecule has 7 heteroatoms. The standard InChI is InChI=1S/C18H22N4O2S/c1-11(25-18-21-20-17(24)22(18)13-9-10-13)16(23)19-15-8-4-6-12-5-2-3-7-14(12)15/h2-3,5,7,11,13,15H,4,6,8-10H2,1H3,(H,19,23)(H,20,24). The van der Waals surface area contributed by atoms with Crippen LogP contribution in [0, 0.1) is 0 Å². The lowest BCUT2D eigenvalue weighted by atomic mass is 9.88. The van der Waals surface area contributed by atoms with Gasteiger partial charge in [0.05, 0.1) is 11.3 Å². The first-order valence-corrected chi connectivity index (χ1v) is 9.73. The maximum absolute atomic E-state index is 12.7. The maximum atomic E-state index is 12.7. The smallest absolute Gasteiger partial charge is 0.344 e. The van der Waals surface area contributed by atoms with Crippen LogP contribution < -0.4 is 11.0 Å². The number of hydrogen-bond acceptors (Lipinski definition) is 4. The summed E-state index contributed by atoms with van der Waals surface area (Å²) in [6.07, 6.45) is 5.14. The van der Waals surface area contributed by atoms with Gasteiger partial charge in [-0.05, 0) is 50.2 Å². The Balaban J connectivity index is 1.44. The van der Waals surface area contributed by atoms with Crippen molar-refractivity contribution in [2.45, 2.75) is 61.5 Å². The summed E-state index contributed by atoms with van der Waals surface area (Å²) in [4.78, 5) is 24.5. The van der Waals surface area contributed by atoms with Crippen LogP contribution in [0.5, 0.6) is 0 Å². The van der Waals surface area contributed by atoms with Crippen molar-refractivity contribution in [3.8, 4) is 0 Å². The number of amides is 1. The third-order valence-corrected chi connectivity index (χ3v) is 5.99. The van der Waals surface area contributed by atoms with Crippen molar-refractivity contribution < 1.29 is 4.79 Å². The van der Waals surface area contributed by atoms with E-state index in [1.165, 1.54) is 22.9 Å². The number of carbonyl (C=O) groups excluding carboxylic acids is 1. The average molecular weight is 358 g/mol. The summed E-state index contributed by atoms with van der Waals surface area (Å²) in [5.41, 5.74) is 2.38. The van der Waals surface area contributed by atoms with Gasteiger partial charge in [0.1, 0.15) is 0 Å². The average Bonchev–Trinajstić information content (AvgIpc) is 3.39. The molecule has 1 aromatic carbocycles. The minimum absolute atomic E-state index is 0.00972. The fraction of sp³-hybridized carbons (Fsp3) is 0.500. The summed E-state index contributed by atoms with van der Waals surface area (Å²) in [5, 5.41) is 10.1. The molecule has 1 saturated carbocycles. The van der Waals surface area contributed by atoms with Gasteiger partial charge in [-0.15, -0.1) is 5.10 Å². The van der Waals surface area contributed by atoms with Crippen LogP contribution in [0.2, 0.25) is 0 Å². The third kappa shape index (κ3) is 3.38. The molecule has 0 saturated heterocycles. The lowest BCUT2D eigenvalue weighted by Crippen LogP contribution is -2.36. The fourth-order valence-electron chi connectivity index (χ4n) is 3.43. The highest BCUT2D eigenvalue weighted by atomic mass is 32.2. The van der Waals surface area contributed by atoms with Gasteiger partial charge in [-0.3, -0.25) is 9.36 Å². The molecule has 1 heterocycles. The Labute approximate surface area is 150 Å². The van der Waals surface area contributed by atoms with Crippen molar-refractivity contribution >= 4 is 17.7 Å². The van der Waals surface area contributed by atoms with Crippen LogP contribution in [0.15, 0.2) is 34.2 Å². The molecule has 1 fully saturated rings. The molecule has 1 amide bonds. The molecule has 2 aliphatic carbocycles. The predicted molar refractivity (Wildman–Crippen MR) is 96.7 cm³/mol. The van der Waals surface area contributed by atoms with E-state index in [1.54, 1.807) is 4.57 Å². The SMILES string of the molecule is CC(Sc1n[nH]c(=O)n1C1CC1)C(=O)NC1CCCc2ccccc21. The summed E-state index contributed by atoms with van der Waals surface area (Å²) in [5.74, 6) is -0.00972. The van der Waals surface area contributed by atoms with Crippen LogP contribution in [-0.2, 0) is 11.2 Å². The van der Waals surface area contributed by atoms with Crippen molar-refractivity contribution in [3.05, 3.63) is 45.9 Å². The number of H-pyrrole nitrogens is 1. The molecule has 2 aliphatic rings. The molecule has 1 aromatic heterocycles. The molecule has 132 valence electrons. The number of fused-ring (bicyclic) bond motifs is 1. The van der Waals surface area contributed by atoms with Crippen molar-refractivity contribution in [2.24, 2.45) is 0 Å². The van der Waals surface area contributed by atoms with Crippen molar-refractivity contribution in [1.29, 1.82) is 0 Å². The number of aromatic amines is 1. The fourth-order valence-corrected chi connectivity index (χ4v) is 4.37. The summed E-state index contributed by atoms with van der Waals surface area (Å²) in [6.45, 7) is 1.87. The minimum atomic E-state index is -0.304. The molecular formula is C18H22N4O2S. The number of rotatable bonds is 5. The van der Waals surface area contributed by atoms with E-state index >= 15 is 0 Å². The zero-order valence-electron chi connectivity index (χ0n) is 14.2. The van der Waals surface area contributed by atoms with Crippen molar-refractivity contribution in [2.75, 3.05) is 0 Å². The second kappa shape index (κ2) is 6.71. The number of nitrogens with one attached hydrogen (secondary N) is 2. The molecule has 2 N–H and O–H groups in total. The molecule has 0 aliphatic heterocycles. The Kier molecular flexibility index (Phi) is 4.41. The number of hydrogen-bond donors (Lipinski definition) is 2. The topological polar surface area (TPSA) is 79.8 Å². The first-order valence-electron chi connectivity index (χ1n) is 8.85. The second-order valence-electron chi connectivity index (χ2n) is 6.82. The van der Waals surface area contributed by atoms with Gasteiger partial charge in [0.25, 0.3) is 0 Å². The van der Waals surface area contributed by atoms with Crippen LogP contribution in [0.25, 0.3) is 0 Å². The molecule has 25 heavy (non-hydrogen) atoms. The van der Waals surface area contributed by atoms with E-state index in [1.807, 2.05) is 13.0 Å². The number of aromatic nitrogens is 3. The van der Waals surface area contributed by atoms with E-state index in [4.69, 9.17) is 0 Å². The van der Waals surface area contributed by atoms with Crippen LogP contribution in [0.3, 0.4) is 0 Å². The third-order valence-electron chi connectivity index (χ3n) is 4.92. The zero-order chi connectivity index (χ0) is 17.4. The van der Waals surface area contributed by atoms with Gasteiger partial charge in [0.15, 0.2) is 5.16 Å². The first kappa shape index (κ1) is 16.4. The minimum Gasteiger partial charge on any atom is -0.348 e. The number of benzene rings is 1. The van der Waals surface area contributed by atoms with Gasteiger partial charge in [-0.2, -0.15) is 0 Å². The molecule has 0 radical (unpaired) electrons. The summed E-state index contributed by atoms with van der Waals surface area (Å²) in [7, 11) is 0. The van der Waals surface area contributed by atoms with E-state index < -0.39 is 0 Å². The molecule has 0 spiro atoms. The van der Waals surface area contributed by atoms with E-state index in [0.29, 0.717) is 5.16 Å². The molecule has 6 nitrogen and oxygen atoms in total. The van der Waals surface area contributed by atoms with Crippen LogP contribution in [0.4, 0.5) is 0 Å². The van der Waals surface area contributed by atoms with Gasteiger partial charge >= 0.3 is 5.69 Å². The molecule has 2 atom stereocenters. The summed E-state index contributed by atoms with van der Waals surface area (Å²) in [6, 6.07) is 8.65. The second-order valence-corrected chi connectivity index (χ2v) is 8.13. The quantitative estimate of drug-likeness (QED) is 0.805. The van der Waals surface area contributed by atoms with E-state index in [2.05, 4.69) is 33.7 Å². The van der Waals surface area contributed by atoms with Gasteiger partial charge < -0.3 is 5.32 Å². The largest absolute Gasteiger partial charge is 0.348 e. The Morgan fingerprint density at radius 3 is 2.96 bits per heavy atom. The Hall–Kier alpha value is -2.02. The highest BCUT2D eigenvalue weighted by molar-refractivity contribution is 8.00. The summed E-state index contributed by atoms with van der Waals surface area (Å²) < 4.78 is 1.68. The summed E-state index contributed by atoms with van der Waals surface area (Å²) >= 11 is 1.35. The predicted octanol–water partition coefficient (Wildman–Crippen LogP) is 2.58. The Morgan fingerprint density at radius 1 is 1.36 bits per heavy atom. The molecule has 4 rings (SSSR count). The normalized spacial score (nSPS) is 20.8. The van der Waals surface area contributed by atoms with Gasteiger partial charge in [0, 0.05) is 6.04 Å². The van der Waals surface area contributed by atoms with Gasteiger partial charge in [-0.25, -0.2) is 9.89 Å². The maximum Gasteiger partial charge on any atom is 0.344 e. The molecular weight excluding hydrogens is 336 g/mol. The van der Waals surface area contributed by atoms with Gasteiger partial charge in [0.2, 0.25) is 5.91 Å². The van der Waals surface area contributed by atoms with Gasteiger partial charge in [-0.1, -0.05) is 36.0 Å². The lowest BCUT2D eigenvalue weighted by molar-refractivity contribution is -0.121. The van der Waals surface area contributed by atoms with Crippen molar-refractivity contribution in [1.82, 2.24) is 20.1 Å². The van der Waals surface area contributed by atoms with Crippen LogP contribution in [-0.4, -0.2) is 25.9 Å². The van der Waals surface area contributed by atoms with Crippen molar-refractivity contribution in [3.63, 3.8) is 0 Å².